The van der Waals surface area contributed by atoms with Crippen LogP contribution in [0.15, 0.2) is 41.3 Å². The summed E-state index contributed by atoms with van der Waals surface area (Å²) in [6, 6.07) is 9.39. The minimum absolute atomic E-state index is 0.0823. The second-order valence-corrected chi connectivity index (χ2v) is 11.0. The van der Waals surface area contributed by atoms with Gasteiger partial charge < -0.3 is 9.64 Å². The lowest BCUT2D eigenvalue weighted by molar-refractivity contribution is 0.0933. The van der Waals surface area contributed by atoms with Gasteiger partial charge >= 0.3 is 6.09 Å². The molecule has 3 aromatic rings. The quantitative estimate of drug-likeness (QED) is 0.543. The number of amides is 2. The lowest BCUT2D eigenvalue weighted by Crippen LogP contribution is -2.50. The number of carbonyl (C=O) groups is 2. The molecule has 1 aliphatic rings. The molecule has 1 aliphatic heterocycles. The number of benzene rings is 2. The molecular weight excluding hydrogens is 500 g/mol. The Morgan fingerprint density at radius 1 is 1.12 bits per heavy atom. The first kappa shape index (κ1) is 24.4. The van der Waals surface area contributed by atoms with Crippen LogP contribution in [0.2, 0.25) is 5.02 Å². The van der Waals surface area contributed by atoms with E-state index in [1.54, 1.807) is 13.0 Å². The van der Waals surface area contributed by atoms with Crippen LogP contribution < -0.4 is 5.32 Å². The van der Waals surface area contributed by atoms with Gasteiger partial charge in [-0.05, 0) is 55.8 Å². The first-order chi connectivity index (χ1) is 16.2. The summed E-state index contributed by atoms with van der Waals surface area (Å²) in [5, 5.41) is 3.80. The number of hydrogen-bond donors (Lipinski definition) is 1. The van der Waals surface area contributed by atoms with Crippen molar-refractivity contribution in [3.05, 3.63) is 52.5 Å². The van der Waals surface area contributed by atoms with E-state index in [-0.39, 0.29) is 37.7 Å². The van der Waals surface area contributed by atoms with E-state index in [9.17, 15) is 18.0 Å². The molecule has 0 radical (unpaired) electrons. The number of carbonyl (C=O) groups excluding carboxylic acids is 2. The van der Waals surface area contributed by atoms with Gasteiger partial charge in [0.2, 0.25) is 10.0 Å². The minimum atomic E-state index is -3.75. The highest BCUT2D eigenvalue weighted by molar-refractivity contribution is 7.89. The zero-order chi connectivity index (χ0) is 24.5. The Balaban J connectivity index is 1.43. The van der Waals surface area contributed by atoms with Crippen LogP contribution >= 0.6 is 22.9 Å². The maximum Gasteiger partial charge on any atom is 0.409 e. The lowest BCUT2D eigenvalue weighted by Gasteiger charge is -2.33. The second kappa shape index (κ2) is 9.87. The molecular formula is C22H23ClN4O5S2. The molecule has 0 spiro atoms. The molecule has 1 aromatic heterocycles. The zero-order valence-corrected chi connectivity index (χ0v) is 21.0. The smallest absolute Gasteiger partial charge is 0.409 e. The van der Waals surface area contributed by atoms with Crippen LogP contribution in [0.4, 0.5) is 9.93 Å². The number of halogens is 1. The Labute approximate surface area is 206 Å². The zero-order valence-electron chi connectivity index (χ0n) is 18.6. The topological polar surface area (TPSA) is 109 Å². The van der Waals surface area contributed by atoms with E-state index in [2.05, 4.69) is 10.3 Å². The van der Waals surface area contributed by atoms with Gasteiger partial charge in [-0.3, -0.25) is 10.1 Å². The second-order valence-electron chi connectivity index (χ2n) is 7.61. The molecule has 0 aliphatic carbocycles. The minimum Gasteiger partial charge on any atom is -0.450 e. The van der Waals surface area contributed by atoms with Gasteiger partial charge in [0.05, 0.1) is 21.7 Å². The van der Waals surface area contributed by atoms with E-state index < -0.39 is 22.0 Å². The molecule has 2 aromatic carbocycles. The van der Waals surface area contributed by atoms with Crippen molar-refractivity contribution in [3.8, 4) is 0 Å². The number of piperazine rings is 1. The number of aryl methyl sites for hydroxylation is 1. The molecule has 0 bridgehead atoms. The highest BCUT2D eigenvalue weighted by Gasteiger charge is 2.30. The summed E-state index contributed by atoms with van der Waals surface area (Å²) >= 11 is 7.48. The molecule has 12 heteroatoms. The van der Waals surface area contributed by atoms with E-state index >= 15 is 0 Å². The molecule has 34 heavy (non-hydrogen) atoms. The standard InChI is InChI=1S/C22H23ClN4O5S2/c1-3-32-22(29)26-10-12-27(13-11-26)34(30,31)16-6-4-15(5-7-16)20(28)25-21-24-19-14(2)17(23)8-9-18(19)33-21/h4-9H,3,10-13H2,1-2H3,(H,24,25,28). The lowest BCUT2D eigenvalue weighted by atomic mass is 10.2. The number of fused-ring (bicyclic) bond motifs is 1. The molecule has 0 atom stereocenters. The Bertz CT molecular complexity index is 1330. The van der Waals surface area contributed by atoms with Crippen LogP contribution in [0.5, 0.6) is 0 Å². The van der Waals surface area contributed by atoms with Crippen LogP contribution in [0, 0.1) is 6.92 Å². The van der Waals surface area contributed by atoms with Crippen molar-refractivity contribution < 1.29 is 22.7 Å². The summed E-state index contributed by atoms with van der Waals surface area (Å²) < 4.78 is 33.2. The number of aromatic nitrogens is 1. The van der Waals surface area contributed by atoms with Gasteiger partial charge in [0.1, 0.15) is 0 Å². The number of rotatable bonds is 5. The van der Waals surface area contributed by atoms with Crippen molar-refractivity contribution >= 4 is 60.3 Å². The maximum absolute atomic E-state index is 13.0. The van der Waals surface area contributed by atoms with Crippen LogP contribution in [0.1, 0.15) is 22.8 Å². The molecule has 2 heterocycles. The van der Waals surface area contributed by atoms with Gasteiger partial charge in [-0.1, -0.05) is 22.9 Å². The monoisotopic (exact) mass is 522 g/mol. The third-order valence-electron chi connectivity index (χ3n) is 5.49. The van der Waals surface area contributed by atoms with Crippen molar-refractivity contribution in [1.29, 1.82) is 0 Å². The molecule has 180 valence electrons. The Morgan fingerprint density at radius 3 is 2.44 bits per heavy atom. The van der Waals surface area contributed by atoms with Crippen molar-refractivity contribution in [1.82, 2.24) is 14.2 Å². The van der Waals surface area contributed by atoms with Crippen molar-refractivity contribution in [2.45, 2.75) is 18.7 Å². The summed E-state index contributed by atoms with van der Waals surface area (Å²) in [7, 11) is -3.75. The number of nitrogens with one attached hydrogen (secondary N) is 1. The first-order valence-electron chi connectivity index (χ1n) is 10.6. The first-order valence-corrected chi connectivity index (χ1v) is 13.2. The van der Waals surface area contributed by atoms with Crippen LogP contribution in [-0.4, -0.2) is 67.4 Å². The number of ether oxygens (including phenoxy) is 1. The molecule has 4 rings (SSSR count). The van der Waals surface area contributed by atoms with Crippen LogP contribution in [-0.2, 0) is 14.8 Å². The Hall–Kier alpha value is -2.73. The number of hydrogen-bond acceptors (Lipinski definition) is 7. The molecule has 9 nitrogen and oxygen atoms in total. The normalized spacial score (nSPS) is 14.9. The summed E-state index contributed by atoms with van der Waals surface area (Å²) in [6.45, 7) is 4.71. The largest absolute Gasteiger partial charge is 0.450 e. The highest BCUT2D eigenvalue weighted by atomic mass is 35.5. The molecule has 0 unspecified atom stereocenters. The van der Waals surface area contributed by atoms with E-state index in [4.69, 9.17) is 16.3 Å². The fourth-order valence-electron chi connectivity index (χ4n) is 3.58. The van der Waals surface area contributed by atoms with Gasteiger partial charge in [-0.2, -0.15) is 4.31 Å². The molecule has 1 fully saturated rings. The summed E-state index contributed by atoms with van der Waals surface area (Å²) in [6.07, 6.45) is -0.443. The van der Waals surface area contributed by atoms with Crippen LogP contribution in [0.3, 0.4) is 0 Å². The molecule has 0 saturated carbocycles. The Kier molecular flexibility index (Phi) is 7.08. The predicted molar refractivity (Wildman–Crippen MR) is 131 cm³/mol. The predicted octanol–water partition coefficient (Wildman–Crippen LogP) is 3.97. The third kappa shape index (κ3) is 4.88. The van der Waals surface area contributed by atoms with Crippen molar-refractivity contribution in [2.24, 2.45) is 0 Å². The van der Waals surface area contributed by atoms with Crippen molar-refractivity contribution in [3.63, 3.8) is 0 Å². The maximum atomic E-state index is 13.0. The van der Waals surface area contributed by atoms with Gasteiger partial charge in [0.25, 0.3) is 5.91 Å². The average molecular weight is 523 g/mol. The SMILES string of the molecule is CCOC(=O)N1CCN(S(=O)(=O)c2ccc(C(=O)Nc3nc4c(C)c(Cl)ccc4s3)cc2)CC1. The van der Waals surface area contributed by atoms with Gasteiger partial charge in [0, 0.05) is 36.8 Å². The molecule has 1 saturated heterocycles. The van der Waals surface area contributed by atoms with Crippen molar-refractivity contribution in [2.75, 3.05) is 38.1 Å². The van der Waals surface area contributed by atoms with E-state index in [0.29, 0.717) is 15.7 Å². The fourth-order valence-corrected chi connectivity index (χ4v) is 6.07. The average Bonchev–Trinajstić information content (AvgIpc) is 3.25. The molecule has 2 amide bonds. The van der Waals surface area contributed by atoms with Crippen LogP contribution in [0.25, 0.3) is 10.2 Å². The Morgan fingerprint density at radius 2 is 1.79 bits per heavy atom. The number of anilines is 1. The van der Waals surface area contributed by atoms with E-state index in [0.717, 1.165) is 15.8 Å². The summed E-state index contributed by atoms with van der Waals surface area (Å²) in [5.41, 5.74) is 1.88. The third-order valence-corrected chi connectivity index (χ3v) is 8.75. The van der Waals surface area contributed by atoms with E-state index in [1.165, 1.54) is 44.8 Å². The fraction of sp³-hybridized carbons (Fsp3) is 0.318. The summed E-state index contributed by atoms with van der Waals surface area (Å²) in [4.78, 5) is 30.5. The van der Waals surface area contributed by atoms with E-state index in [1.807, 2.05) is 13.0 Å². The van der Waals surface area contributed by atoms with Gasteiger partial charge in [-0.15, -0.1) is 0 Å². The summed E-state index contributed by atoms with van der Waals surface area (Å²) in [5.74, 6) is -0.394. The number of sulfonamides is 1. The highest BCUT2D eigenvalue weighted by Crippen LogP contribution is 2.32. The van der Waals surface area contributed by atoms with Gasteiger partial charge in [-0.25, -0.2) is 18.2 Å². The number of thiazole rings is 1. The number of nitrogens with zero attached hydrogens (tertiary/aromatic N) is 3. The van der Waals surface area contributed by atoms with Gasteiger partial charge in [0.15, 0.2) is 5.13 Å². The molecule has 1 N–H and O–H groups in total.